The van der Waals surface area contributed by atoms with Crippen LogP contribution >= 0.6 is 11.8 Å². The number of nitriles is 1. The fraction of sp³-hybridized carbons (Fsp3) is 0.857. The van der Waals surface area contributed by atoms with Crippen LogP contribution in [0.2, 0.25) is 0 Å². The summed E-state index contributed by atoms with van der Waals surface area (Å²) in [5, 5.41) is 22.1. The summed E-state index contributed by atoms with van der Waals surface area (Å²) in [5.41, 5.74) is 0. The van der Waals surface area contributed by atoms with Crippen molar-refractivity contribution < 1.29 is 4.74 Å². The second kappa shape index (κ2) is 7.23. The fourth-order valence-electron chi connectivity index (χ4n) is 3.16. The number of ether oxygens (including phenoxy) is 1. The Morgan fingerprint density at radius 2 is 2.14 bits per heavy atom. The minimum atomic E-state index is -0.0421. The Balaban J connectivity index is 1.63. The highest BCUT2D eigenvalue weighted by Gasteiger charge is 2.27. The Kier molecular flexibility index (Phi) is 5.09. The fourth-order valence-corrected chi connectivity index (χ4v) is 4.22. The minimum Gasteiger partial charge on any atom is -0.376 e. The maximum absolute atomic E-state index is 9.48. The highest BCUT2D eigenvalue weighted by atomic mass is 32.2. The molecule has 1 saturated carbocycles. The lowest BCUT2D eigenvalue weighted by Gasteiger charge is -2.24. The molecule has 2 atom stereocenters. The maximum Gasteiger partial charge on any atom is 0.210 e. The first-order valence-corrected chi connectivity index (χ1v) is 8.69. The van der Waals surface area contributed by atoms with Crippen LogP contribution in [-0.4, -0.2) is 38.2 Å². The van der Waals surface area contributed by atoms with Gasteiger partial charge < -0.3 is 4.74 Å². The quantitative estimate of drug-likeness (QED) is 0.778. The summed E-state index contributed by atoms with van der Waals surface area (Å²) in [6.45, 7) is 1.52. The number of rotatable bonds is 5. The molecule has 0 bridgehead atoms. The van der Waals surface area contributed by atoms with Gasteiger partial charge in [-0.25, -0.2) is 4.68 Å². The largest absolute Gasteiger partial charge is 0.376 e. The van der Waals surface area contributed by atoms with Gasteiger partial charge in [-0.15, -0.1) is 5.10 Å². The first kappa shape index (κ1) is 14.8. The third-order valence-electron chi connectivity index (χ3n) is 4.34. The van der Waals surface area contributed by atoms with Crippen molar-refractivity contribution in [2.75, 3.05) is 6.61 Å². The zero-order valence-electron chi connectivity index (χ0n) is 12.1. The lowest BCUT2D eigenvalue weighted by Crippen LogP contribution is -2.21. The average Bonchev–Trinajstić information content (AvgIpc) is 3.18. The Morgan fingerprint density at radius 3 is 2.86 bits per heavy atom. The first-order valence-electron chi connectivity index (χ1n) is 7.81. The van der Waals surface area contributed by atoms with Crippen LogP contribution in [0.1, 0.15) is 44.9 Å². The van der Waals surface area contributed by atoms with Gasteiger partial charge in [0.25, 0.3) is 0 Å². The predicted molar refractivity (Wildman–Crippen MR) is 78.6 cm³/mol. The van der Waals surface area contributed by atoms with Gasteiger partial charge in [0.05, 0.1) is 18.7 Å². The molecule has 1 saturated heterocycles. The zero-order chi connectivity index (χ0) is 14.5. The third-order valence-corrected chi connectivity index (χ3v) is 5.58. The number of hydrogen-bond acceptors (Lipinski definition) is 6. The lowest BCUT2D eigenvalue weighted by atomic mass is 9.87. The minimum absolute atomic E-state index is 0.0421. The van der Waals surface area contributed by atoms with Crippen molar-refractivity contribution >= 4 is 11.8 Å². The van der Waals surface area contributed by atoms with Crippen LogP contribution in [-0.2, 0) is 11.3 Å². The molecule has 0 aromatic carbocycles. The van der Waals surface area contributed by atoms with Crippen LogP contribution < -0.4 is 0 Å². The highest BCUT2D eigenvalue weighted by molar-refractivity contribution is 8.00. The molecule has 2 fully saturated rings. The molecule has 1 aromatic rings. The predicted octanol–water partition coefficient (Wildman–Crippen LogP) is 2.42. The van der Waals surface area contributed by atoms with E-state index in [1.54, 1.807) is 4.68 Å². The molecule has 1 aliphatic heterocycles. The van der Waals surface area contributed by atoms with Crippen LogP contribution in [0.5, 0.6) is 0 Å². The molecule has 6 nitrogen and oxygen atoms in total. The standard InChI is InChI=1S/C14H21N5OS/c15-9-13(11-5-2-1-3-6-11)21-14-16-17-18-19(14)10-12-7-4-8-20-12/h11-13H,1-8,10H2/t12-,13-/m0/s1. The molecule has 114 valence electrons. The van der Waals surface area contributed by atoms with E-state index in [9.17, 15) is 5.26 Å². The van der Waals surface area contributed by atoms with Gasteiger partial charge in [0.15, 0.2) is 0 Å². The number of nitrogens with zero attached hydrogens (tertiary/aromatic N) is 5. The number of aromatic nitrogens is 4. The molecule has 0 N–H and O–H groups in total. The smallest absolute Gasteiger partial charge is 0.210 e. The van der Waals surface area contributed by atoms with E-state index in [0.29, 0.717) is 12.5 Å². The second-order valence-electron chi connectivity index (χ2n) is 5.84. The van der Waals surface area contributed by atoms with Gasteiger partial charge >= 0.3 is 0 Å². The summed E-state index contributed by atoms with van der Waals surface area (Å²) in [5.74, 6) is 0.474. The van der Waals surface area contributed by atoms with E-state index in [1.165, 1.54) is 31.0 Å². The summed E-state index contributed by atoms with van der Waals surface area (Å²) in [6.07, 6.45) is 8.47. The molecule has 0 spiro atoms. The van der Waals surface area contributed by atoms with Crippen LogP contribution in [0.4, 0.5) is 0 Å². The van der Waals surface area contributed by atoms with Gasteiger partial charge in [0.1, 0.15) is 5.25 Å². The maximum atomic E-state index is 9.48. The number of thioether (sulfide) groups is 1. The average molecular weight is 307 g/mol. The Bertz CT molecular complexity index is 488. The van der Waals surface area contributed by atoms with Crippen LogP contribution in [0.3, 0.4) is 0 Å². The van der Waals surface area contributed by atoms with Crippen molar-refractivity contribution in [1.82, 2.24) is 20.2 Å². The molecule has 7 heteroatoms. The normalized spacial score (nSPS) is 24.8. The molecule has 21 heavy (non-hydrogen) atoms. The monoisotopic (exact) mass is 307 g/mol. The molecule has 0 unspecified atom stereocenters. The zero-order valence-corrected chi connectivity index (χ0v) is 13.0. The van der Waals surface area contributed by atoms with Gasteiger partial charge in [0.2, 0.25) is 5.16 Å². The van der Waals surface area contributed by atoms with Crippen molar-refractivity contribution in [1.29, 1.82) is 5.26 Å². The second-order valence-corrected chi connectivity index (χ2v) is 6.95. The van der Waals surface area contributed by atoms with Crippen LogP contribution in [0.15, 0.2) is 5.16 Å². The summed E-state index contributed by atoms with van der Waals surface area (Å²) >= 11 is 1.52. The van der Waals surface area contributed by atoms with Crippen molar-refractivity contribution in [3.05, 3.63) is 0 Å². The Hall–Kier alpha value is -1.13. The van der Waals surface area contributed by atoms with Crippen molar-refractivity contribution in [2.45, 2.75) is 68.0 Å². The van der Waals surface area contributed by atoms with E-state index < -0.39 is 0 Å². The molecule has 1 aromatic heterocycles. The van der Waals surface area contributed by atoms with E-state index in [1.807, 2.05) is 0 Å². The molecule has 2 aliphatic rings. The molecular weight excluding hydrogens is 286 g/mol. The van der Waals surface area contributed by atoms with E-state index in [2.05, 4.69) is 21.6 Å². The van der Waals surface area contributed by atoms with E-state index in [0.717, 1.165) is 37.4 Å². The SMILES string of the molecule is N#C[C@H](Sc1nnnn1C[C@@H]1CCCO1)C1CCCCC1. The third kappa shape index (κ3) is 3.74. The molecule has 2 heterocycles. The van der Waals surface area contributed by atoms with E-state index >= 15 is 0 Å². The van der Waals surface area contributed by atoms with Gasteiger partial charge in [0, 0.05) is 6.61 Å². The van der Waals surface area contributed by atoms with Crippen LogP contribution in [0.25, 0.3) is 0 Å². The highest BCUT2D eigenvalue weighted by Crippen LogP contribution is 2.35. The molecular formula is C14H21N5OS. The van der Waals surface area contributed by atoms with Gasteiger partial charge in [-0.2, -0.15) is 5.26 Å². The summed E-state index contributed by atoms with van der Waals surface area (Å²) in [4.78, 5) is 0. The van der Waals surface area contributed by atoms with Crippen molar-refractivity contribution in [2.24, 2.45) is 5.92 Å². The van der Waals surface area contributed by atoms with Crippen molar-refractivity contribution in [3.63, 3.8) is 0 Å². The van der Waals surface area contributed by atoms with E-state index in [4.69, 9.17) is 4.74 Å². The number of tetrazole rings is 1. The summed E-state index contributed by atoms with van der Waals surface area (Å²) in [6, 6.07) is 2.45. The molecule has 3 rings (SSSR count). The lowest BCUT2D eigenvalue weighted by molar-refractivity contribution is 0.0911. The molecule has 0 amide bonds. The Labute approximate surface area is 129 Å². The topological polar surface area (TPSA) is 76.6 Å². The van der Waals surface area contributed by atoms with E-state index in [-0.39, 0.29) is 11.4 Å². The number of hydrogen-bond donors (Lipinski definition) is 0. The van der Waals surface area contributed by atoms with Gasteiger partial charge in [-0.1, -0.05) is 31.0 Å². The van der Waals surface area contributed by atoms with Crippen molar-refractivity contribution in [3.8, 4) is 6.07 Å². The van der Waals surface area contributed by atoms with Gasteiger partial charge in [-0.3, -0.25) is 0 Å². The summed E-state index contributed by atoms with van der Waals surface area (Å²) < 4.78 is 7.44. The van der Waals surface area contributed by atoms with Crippen LogP contribution in [0, 0.1) is 17.2 Å². The first-order chi connectivity index (χ1) is 10.4. The molecule has 1 aliphatic carbocycles. The summed E-state index contributed by atoms with van der Waals surface area (Å²) in [7, 11) is 0. The van der Waals surface area contributed by atoms with Gasteiger partial charge in [-0.05, 0) is 42.0 Å². The molecule has 0 radical (unpaired) electrons. The Morgan fingerprint density at radius 1 is 1.29 bits per heavy atom.